The van der Waals surface area contributed by atoms with Crippen LogP contribution in [0.5, 0.6) is 0 Å². The highest BCUT2D eigenvalue weighted by molar-refractivity contribution is 6.21. The summed E-state index contributed by atoms with van der Waals surface area (Å²) < 4.78 is 0. The zero-order valence-electron chi connectivity index (χ0n) is 18.8. The van der Waals surface area contributed by atoms with E-state index in [2.05, 4.69) is 17.4 Å². The van der Waals surface area contributed by atoms with Crippen LogP contribution in [0.2, 0.25) is 0 Å². The van der Waals surface area contributed by atoms with Crippen molar-refractivity contribution < 1.29 is 19.2 Å². The van der Waals surface area contributed by atoms with Gasteiger partial charge >= 0.3 is 0 Å². The molecule has 8 heteroatoms. The molecule has 2 aromatic carbocycles. The van der Waals surface area contributed by atoms with Gasteiger partial charge in [-0.25, -0.2) is 0 Å². The average Bonchev–Trinajstić information content (AvgIpc) is 3.03. The van der Waals surface area contributed by atoms with Gasteiger partial charge in [0.05, 0.1) is 17.7 Å². The van der Waals surface area contributed by atoms with E-state index in [0.717, 1.165) is 17.7 Å². The number of piperazine rings is 1. The van der Waals surface area contributed by atoms with Crippen LogP contribution in [0.1, 0.15) is 39.1 Å². The highest BCUT2D eigenvalue weighted by Crippen LogP contribution is 2.24. The van der Waals surface area contributed by atoms with Crippen LogP contribution in [0.15, 0.2) is 48.5 Å². The van der Waals surface area contributed by atoms with E-state index >= 15 is 0 Å². The van der Waals surface area contributed by atoms with Gasteiger partial charge in [-0.2, -0.15) is 0 Å². The Hall–Kier alpha value is -3.52. The fourth-order valence-corrected chi connectivity index (χ4v) is 4.24. The van der Waals surface area contributed by atoms with Gasteiger partial charge in [0.15, 0.2) is 0 Å². The molecular formula is C25H28N4O4. The molecule has 172 valence electrons. The quantitative estimate of drug-likeness (QED) is 0.655. The van der Waals surface area contributed by atoms with Crippen LogP contribution in [0, 0.1) is 0 Å². The Kier molecular flexibility index (Phi) is 6.84. The lowest BCUT2D eigenvalue weighted by Crippen LogP contribution is -2.50. The van der Waals surface area contributed by atoms with Crippen LogP contribution < -0.4 is 5.32 Å². The number of imide groups is 1. The molecular weight excluding hydrogens is 420 g/mol. The molecule has 1 N–H and O–H groups in total. The summed E-state index contributed by atoms with van der Waals surface area (Å²) in [4.78, 5) is 54.1. The number of aryl methyl sites for hydroxylation is 1. The van der Waals surface area contributed by atoms with Crippen molar-refractivity contribution in [3.63, 3.8) is 0 Å². The standard InChI is InChI=1S/C25H28N4O4/c1-27-24(32)20-11-10-19(16-21(20)25(27)33)26-22(30)17-28-12-14-29(15-13-28)23(31)9-5-8-18-6-3-2-4-7-18/h2-4,6-7,10-11,16H,5,8-9,12-15,17H2,1H3,(H,26,30). The predicted molar refractivity (Wildman–Crippen MR) is 124 cm³/mol. The summed E-state index contributed by atoms with van der Waals surface area (Å²) in [6.07, 6.45) is 2.26. The second-order valence-corrected chi connectivity index (χ2v) is 8.47. The number of benzene rings is 2. The molecule has 2 aliphatic heterocycles. The van der Waals surface area contributed by atoms with Crippen molar-refractivity contribution in [2.75, 3.05) is 45.1 Å². The molecule has 1 saturated heterocycles. The Morgan fingerprint density at radius 1 is 0.909 bits per heavy atom. The van der Waals surface area contributed by atoms with Gasteiger partial charge in [-0.3, -0.25) is 29.0 Å². The predicted octanol–water partition coefficient (Wildman–Crippen LogP) is 2.02. The fraction of sp³-hybridized carbons (Fsp3) is 0.360. The molecule has 0 atom stereocenters. The van der Waals surface area contributed by atoms with Crippen LogP contribution >= 0.6 is 0 Å². The molecule has 8 nitrogen and oxygen atoms in total. The SMILES string of the molecule is CN1C(=O)c2ccc(NC(=O)CN3CCN(C(=O)CCCc4ccccc4)CC3)cc2C1=O. The number of hydrogen-bond donors (Lipinski definition) is 1. The van der Waals surface area contributed by atoms with Gasteiger partial charge in [-0.1, -0.05) is 30.3 Å². The number of carbonyl (C=O) groups excluding carboxylic acids is 4. The Balaban J connectivity index is 1.20. The van der Waals surface area contributed by atoms with Gasteiger partial charge in [0.1, 0.15) is 0 Å². The number of nitrogens with zero attached hydrogens (tertiary/aromatic N) is 3. The van der Waals surface area contributed by atoms with Gasteiger partial charge in [-0.05, 0) is 36.6 Å². The fourth-order valence-electron chi connectivity index (χ4n) is 4.24. The van der Waals surface area contributed by atoms with E-state index in [0.29, 0.717) is 49.4 Å². The summed E-state index contributed by atoms with van der Waals surface area (Å²) in [6, 6.07) is 14.9. The maximum absolute atomic E-state index is 12.5. The molecule has 4 amide bonds. The van der Waals surface area contributed by atoms with Crippen molar-refractivity contribution >= 4 is 29.3 Å². The third-order valence-corrected chi connectivity index (χ3v) is 6.16. The molecule has 0 spiro atoms. The smallest absolute Gasteiger partial charge is 0.261 e. The summed E-state index contributed by atoms with van der Waals surface area (Å²) in [6.45, 7) is 2.71. The van der Waals surface area contributed by atoms with Crippen molar-refractivity contribution in [2.45, 2.75) is 19.3 Å². The molecule has 2 aliphatic rings. The van der Waals surface area contributed by atoms with Crippen molar-refractivity contribution in [1.29, 1.82) is 0 Å². The lowest BCUT2D eigenvalue weighted by Gasteiger charge is -2.34. The minimum Gasteiger partial charge on any atom is -0.340 e. The van der Waals surface area contributed by atoms with E-state index < -0.39 is 0 Å². The first-order valence-corrected chi connectivity index (χ1v) is 11.2. The maximum Gasteiger partial charge on any atom is 0.261 e. The molecule has 0 unspecified atom stereocenters. The van der Waals surface area contributed by atoms with E-state index in [1.807, 2.05) is 28.0 Å². The normalized spacial score (nSPS) is 16.2. The van der Waals surface area contributed by atoms with Crippen molar-refractivity contribution in [3.05, 3.63) is 65.2 Å². The highest BCUT2D eigenvalue weighted by atomic mass is 16.2. The molecule has 0 radical (unpaired) electrons. The average molecular weight is 449 g/mol. The van der Waals surface area contributed by atoms with E-state index in [1.165, 1.54) is 12.6 Å². The summed E-state index contributed by atoms with van der Waals surface area (Å²) in [7, 11) is 1.44. The minimum absolute atomic E-state index is 0.164. The Bertz CT molecular complexity index is 1060. The number of amides is 4. The van der Waals surface area contributed by atoms with Gasteiger partial charge in [0.2, 0.25) is 11.8 Å². The van der Waals surface area contributed by atoms with Gasteiger partial charge < -0.3 is 10.2 Å². The minimum atomic E-state index is -0.365. The summed E-state index contributed by atoms with van der Waals surface area (Å²) in [5, 5.41) is 2.80. The largest absolute Gasteiger partial charge is 0.340 e. The van der Waals surface area contributed by atoms with Crippen LogP contribution in [-0.4, -0.2) is 78.1 Å². The Morgan fingerprint density at radius 3 is 2.33 bits per heavy atom. The molecule has 2 heterocycles. The lowest BCUT2D eigenvalue weighted by molar-refractivity contribution is -0.133. The summed E-state index contributed by atoms with van der Waals surface area (Å²) in [5.74, 6) is -0.726. The Labute approximate surface area is 193 Å². The molecule has 2 aromatic rings. The van der Waals surface area contributed by atoms with Crippen molar-refractivity contribution in [3.8, 4) is 0 Å². The molecule has 33 heavy (non-hydrogen) atoms. The maximum atomic E-state index is 12.5. The highest BCUT2D eigenvalue weighted by Gasteiger charge is 2.32. The monoisotopic (exact) mass is 448 g/mol. The molecule has 1 fully saturated rings. The molecule has 0 aromatic heterocycles. The number of rotatable bonds is 7. The van der Waals surface area contributed by atoms with E-state index in [9.17, 15) is 19.2 Å². The second-order valence-electron chi connectivity index (χ2n) is 8.47. The topological polar surface area (TPSA) is 90.0 Å². The summed E-state index contributed by atoms with van der Waals surface area (Å²) >= 11 is 0. The molecule has 4 rings (SSSR count). The number of nitrogens with one attached hydrogen (secondary N) is 1. The van der Waals surface area contributed by atoms with Gasteiger partial charge in [0.25, 0.3) is 11.8 Å². The number of fused-ring (bicyclic) bond motifs is 1. The van der Waals surface area contributed by atoms with E-state index in [1.54, 1.807) is 18.2 Å². The van der Waals surface area contributed by atoms with Crippen molar-refractivity contribution in [1.82, 2.24) is 14.7 Å². The van der Waals surface area contributed by atoms with Crippen molar-refractivity contribution in [2.24, 2.45) is 0 Å². The summed E-state index contributed by atoms with van der Waals surface area (Å²) in [5.41, 5.74) is 2.39. The van der Waals surface area contributed by atoms with Crippen LogP contribution in [0.25, 0.3) is 0 Å². The van der Waals surface area contributed by atoms with E-state index in [-0.39, 0.29) is 30.2 Å². The van der Waals surface area contributed by atoms with Gasteiger partial charge in [0, 0.05) is 45.3 Å². The second kappa shape index (κ2) is 9.95. The first-order chi connectivity index (χ1) is 15.9. The Morgan fingerprint density at radius 2 is 1.61 bits per heavy atom. The zero-order valence-corrected chi connectivity index (χ0v) is 18.8. The van der Waals surface area contributed by atoms with E-state index in [4.69, 9.17) is 0 Å². The first-order valence-electron chi connectivity index (χ1n) is 11.2. The lowest BCUT2D eigenvalue weighted by atomic mass is 10.1. The molecule has 0 aliphatic carbocycles. The van der Waals surface area contributed by atoms with Crippen LogP contribution in [0.3, 0.4) is 0 Å². The van der Waals surface area contributed by atoms with Crippen LogP contribution in [-0.2, 0) is 16.0 Å². The first kappa shape index (κ1) is 22.7. The third kappa shape index (κ3) is 5.28. The molecule has 0 bridgehead atoms. The van der Waals surface area contributed by atoms with Crippen LogP contribution in [0.4, 0.5) is 5.69 Å². The number of hydrogen-bond acceptors (Lipinski definition) is 5. The molecule has 0 saturated carbocycles. The number of carbonyl (C=O) groups is 4. The van der Waals surface area contributed by atoms with Gasteiger partial charge in [-0.15, -0.1) is 0 Å². The zero-order chi connectivity index (χ0) is 23.4. The number of anilines is 1. The third-order valence-electron chi connectivity index (χ3n) is 6.16.